The van der Waals surface area contributed by atoms with Gasteiger partial charge in [0.25, 0.3) is 0 Å². The van der Waals surface area contributed by atoms with E-state index < -0.39 is 17.3 Å². The summed E-state index contributed by atoms with van der Waals surface area (Å²) >= 11 is 0. The van der Waals surface area contributed by atoms with E-state index in [1.54, 1.807) is 0 Å². The molecule has 2 rings (SSSR count). The Balaban J connectivity index is 2.33. The molecule has 1 fully saturated rings. The first-order valence-corrected chi connectivity index (χ1v) is 5.74. The molecule has 0 aliphatic carbocycles. The number of nitrogens with zero attached hydrogens (tertiary/aromatic N) is 1. The highest BCUT2D eigenvalue weighted by molar-refractivity contribution is 5.90. The Kier molecular flexibility index (Phi) is 3.66. The highest BCUT2D eigenvalue weighted by atomic mass is 19.1. The average molecular weight is 254 g/mol. The SMILES string of the molecule is Nc1cc(C(=O)O)c(F)cc1N1CCCOCC1. The zero-order valence-corrected chi connectivity index (χ0v) is 9.86. The van der Waals surface area contributed by atoms with Gasteiger partial charge in [0.15, 0.2) is 0 Å². The Hall–Kier alpha value is -1.82. The molecule has 1 aliphatic rings. The van der Waals surface area contributed by atoms with E-state index in [-0.39, 0.29) is 5.69 Å². The lowest BCUT2D eigenvalue weighted by Gasteiger charge is -2.24. The second-order valence-corrected chi connectivity index (χ2v) is 4.15. The monoisotopic (exact) mass is 254 g/mol. The van der Waals surface area contributed by atoms with E-state index in [0.717, 1.165) is 13.0 Å². The van der Waals surface area contributed by atoms with Crippen molar-refractivity contribution < 1.29 is 19.0 Å². The minimum Gasteiger partial charge on any atom is -0.478 e. The number of benzene rings is 1. The molecule has 0 amide bonds. The number of carboxylic acids is 1. The fourth-order valence-electron chi connectivity index (χ4n) is 2.00. The molecule has 1 aromatic rings. The van der Waals surface area contributed by atoms with Gasteiger partial charge in [-0.15, -0.1) is 0 Å². The smallest absolute Gasteiger partial charge is 0.338 e. The molecule has 1 saturated heterocycles. The summed E-state index contributed by atoms with van der Waals surface area (Å²) in [6.07, 6.45) is 0.835. The molecular formula is C12H15FN2O3. The Labute approximate surface area is 104 Å². The van der Waals surface area contributed by atoms with Crippen molar-refractivity contribution in [2.24, 2.45) is 0 Å². The number of rotatable bonds is 2. The normalized spacial score (nSPS) is 16.4. The number of aromatic carboxylic acids is 1. The van der Waals surface area contributed by atoms with Crippen molar-refractivity contribution in [3.8, 4) is 0 Å². The summed E-state index contributed by atoms with van der Waals surface area (Å²) < 4.78 is 19.0. The predicted octanol–water partition coefficient (Wildman–Crippen LogP) is 1.33. The largest absolute Gasteiger partial charge is 0.478 e. The molecule has 18 heavy (non-hydrogen) atoms. The van der Waals surface area contributed by atoms with Gasteiger partial charge in [0.1, 0.15) is 5.82 Å². The number of halogens is 1. The molecule has 6 heteroatoms. The average Bonchev–Trinajstić information content (AvgIpc) is 2.60. The van der Waals surface area contributed by atoms with Gasteiger partial charge >= 0.3 is 5.97 Å². The van der Waals surface area contributed by atoms with Crippen LogP contribution in [0.2, 0.25) is 0 Å². The van der Waals surface area contributed by atoms with E-state index in [1.165, 1.54) is 12.1 Å². The molecule has 1 aliphatic heterocycles. The molecule has 0 spiro atoms. The van der Waals surface area contributed by atoms with E-state index in [9.17, 15) is 9.18 Å². The number of hydrogen-bond acceptors (Lipinski definition) is 4. The zero-order valence-electron chi connectivity index (χ0n) is 9.86. The van der Waals surface area contributed by atoms with Crippen LogP contribution in [0.5, 0.6) is 0 Å². The molecule has 0 atom stereocenters. The van der Waals surface area contributed by atoms with Gasteiger partial charge in [-0.1, -0.05) is 0 Å². The van der Waals surface area contributed by atoms with Gasteiger partial charge in [-0.25, -0.2) is 9.18 Å². The van der Waals surface area contributed by atoms with E-state index in [0.29, 0.717) is 25.4 Å². The maximum atomic E-state index is 13.6. The van der Waals surface area contributed by atoms with Gasteiger partial charge < -0.3 is 20.5 Å². The van der Waals surface area contributed by atoms with Crippen LogP contribution >= 0.6 is 0 Å². The van der Waals surface area contributed by atoms with E-state index >= 15 is 0 Å². The second-order valence-electron chi connectivity index (χ2n) is 4.15. The lowest BCUT2D eigenvalue weighted by molar-refractivity contribution is 0.0692. The third kappa shape index (κ3) is 2.53. The first-order chi connectivity index (χ1) is 8.59. The van der Waals surface area contributed by atoms with Crippen LogP contribution in [0, 0.1) is 5.82 Å². The third-order valence-corrected chi connectivity index (χ3v) is 2.91. The summed E-state index contributed by atoms with van der Waals surface area (Å²) in [7, 11) is 0. The summed E-state index contributed by atoms with van der Waals surface area (Å²) in [6, 6.07) is 2.35. The lowest BCUT2D eigenvalue weighted by atomic mass is 10.1. The predicted molar refractivity (Wildman–Crippen MR) is 65.4 cm³/mol. The van der Waals surface area contributed by atoms with Gasteiger partial charge in [0.2, 0.25) is 0 Å². The standard InChI is InChI=1S/C12H15FN2O3/c13-9-7-11(10(14)6-8(9)12(16)17)15-2-1-4-18-5-3-15/h6-7H,1-5,14H2,(H,16,17). The van der Waals surface area contributed by atoms with Gasteiger partial charge in [0.05, 0.1) is 23.5 Å². The van der Waals surface area contributed by atoms with Crippen molar-refractivity contribution in [2.75, 3.05) is 36.9 Å². The first kappa shape index (κ1) is 12.6. The molecule has 0 unspecified atom stereocenters. The summed E-state index contributed by atoms with van der Waals surface area (Å²) in [6.45, 7) is 2.57. The molecule has 0 radical (unpaired) electrons. The van der Waals surface area contributed by atoms with Crippen molar-refractivity contribution >= 4 is 17.3 Å². The van der Waals surface area contributed by atoms with Gasteiger partial charge in [-0.2, -0.15) is 0 Å². The fraction of sp³-hybridized carbons (Fsp3) is 0.417. The summed E-state index contributed by atoms with van der Waals surface area (Å²) in [5.41, 5.74) is 6.20. The van der Waals surface area contributed by atoms with Crippen LogP contribution in [0.1, 0.15) is 16.8 Å². The van der Waals surface area contributed by atoms with Crippen molar-refractivity contribution in [1.82, 2.24) is 0 Å². The number of carboxylic acid groups (broad SMARTS) is 1. The van der Waals surface area contributed by atoms with Gasteiger partial charge in [-0.3, -0.25) is 0 Å². The summed E-state index contributed by atoms with van der Waals surface area (Å²) in [5, 5.41) is 8.81. The topological polar surface area (TPSA) is 75.8 Å². The Morgan fingerprint density at radius 1 is 1.39 bits per heavy atom. The van der Waals surface area contributed by atoms with Crippen molar-refractivity contribution in [3.63, 3.8) is 0 Å². The van der Waals surface area contributed by atoms with Gasteiger partial charge in [0, 0.05) is 25.8 Å². The summed E-state index contributed by atoms with van der Waals surface area (Å²) in [5.74, 6) is -2.08. The second kappa shape index (κ2) is 5.22. The Bertz CT molecular complexity index is 457. The highest BCUT2D eigenvalue weighted by Gasteiger charge is 2.18. The fourth-order valence-corrected chi connectivity index (χ4v) is 2.00. The number of carbonyl (C=O) groups is 1. The lowest BCUT2D eigenvalue weighted by Crippen LogP contribution is -2.27. The highest BCUT2D eigenvalue weighted by Crippen LogP contribution is 2.27. The molecule has 1 aromatic carbocycles. The summed E-state index contributed by atoms with van der Waals surface area (Å²) in [4.78, 5) is 12.7. The van der Waals surface area contributed by atoms with Gasteiger partial charge in [-0.05, 0) is 12.5 Å². The number of anilines is 2. The number of nitrogens with two attached hydrogens (primary N) is 1. The maximum Gasteiger partial charge on any atom is 0.338 e. The first-order valence-electron chi connectivity index (χ1n) is 5.74. The van der Waals surface area contributed by atoms with Crippen LogP contribution in [0.4, 0.5) is 15.8 Å². The molecule has 3 N–H and O–H groups in total. The molecular weight excluding hydrogens is 239 g/mol. The number of hydrogen-bond donors (Lipinski definition) is 2. The van der Waals surface area contributed by atoms with Crippen LogP contribution < -0.4 is 10.6 Å². The number of nitrogen functional groups attached to an aromatic ring is 1. The molecule has 1 heterocycles. The van der Waals surface area contributed by atoms with Crippen LogP contribution in [-0.4, -0.2) is 37.4 Å². The molecule has 98 valence electrons. The molecule has 0 bridgehead atoms. The Morgan fingerprint density at radius 2 is 2.17 bits per heavy atom. The molecule has 0 aromatic heterocycles. The maximum absolute atomic E-state index is 13.6. The van der Waals surface area contributed by atoms with Crippen LogP contribution in [0.25, 0.3) is 0 Å². The van der Waals surface area contributed by atoms with E-state index in [1.807, 2.05) is 4.90 Å². The van der Waals surface area contributed by atoms with Crippen molar-refractivity contribution in [2.45, 2.75) is 6.42 Å². The zero-order chi connectivity index (χ0) is 13.1. The van der Waals surface area contributed by atoms with Crippen molar-refractivity contribution in [1.29, 1.82) is 0 Å². The number of ether oxygens (including phenoxy) is 1. The molecule has 5 nitrogen and oxygen atoms in total. The quantitative estimate of drug-likeness (QED) is 0.779. The van der Waals surface area contributed by atoms with Crippen LogP contribution in [-0.2, 0) is 4.74 Å². The van der Waals surface area contributed by atoms with E-state index in [2.05, 4.69) is 0 Å². The van der Waals surface area contributed by atoms with Crippen LogP contribution in [0.15, 0.2) is 12.1 Å². The van der Waals surface area contributed by atoms with E-state index in [4.69, 9.17) is 15.6 Å². The Morgan fingerprint density at radius 3 is 2.89 bits per heavy atom. The minimum absolute atomic E-state index is 0.274. The minimum atomic E-state index is -1.31. The van der Waals surface area contributed by atoms with Crippen molar-refractivity contribution in [3.05, 3.63) is 23.5 Å². The molecule has 0 saturated carbocycles. The van der Waals surface area contributed by atoms with Crippen LogP contribution in [0.3, 0.4) is 0 Å². The third-order valence-electron chi connectivity index (χ3n) is 2.91.